The maximum absolute atomic E-state index is 10.9. The van der Waals surface area contributed by atoms with E-state index in [1.807, 2.05) is 7.05 Å². The normalized spacial score (nSPS) is 12.6. The van der Waals surface area contributed by atoms with Crippen LogP contribution in [0.2, 0.25) is 0 Å². The van der Waals surface area contributed by atoms with Crippen LogP contribution in [0.5, 0.6) is 0 Å². The highest BCUT2D eigenvalue weighted by molar-refractivity contribution is 5.85. The van der Waals surface area contributed by atoms with E-state index in [1.54, 1.807) is 0 Å². The molecule has 0 heterocycles. The van der Waals surface area contributed by atoms with Crippen molar-refractivity contribution in [1.82, 2.24) is 5.43 Å². The lowest BCUT2D eigenvalue weighted by Crippen LogP contribution is -3.17. The number of carbonyl (C=O) groups is 1. The standard InChI is InChI=1S/C9H18N2O.ClH/c1-6-8(12)10-11(5)7-9(2,3)4;/h6H,1,7H2,2-5H3,(H,10,12);1H. The molecule has 0 saturated heterocycles. The molecule has 0 aromatic rings. The van der Waals surface area contributed by atoms with Crippen molar-refractivity contribution in [2.75, 3.05) is 13.6 Å². The van der Waals surface area contributed by atoms with Gasteiger partial charge in [-0.2, -0.15) is 5.43 Å². The number of nitrogens with one attached hydrogen (secondary N) is 2. The van der Waals surface area contributed by atoms with Crippen molar-refractivity contribution in [3.8, 4) is 0 Å². The maximum atomic E-state index is 10.9. The lowest BCUT2D eigenvalue weighted by Gasteiger charge is -2.22. The van der Waals surface area contributed by atoms with E-state index < -0.39 is 0 Å². The van der Waals surface area contributed by atoms with E-state index in [0.717, 1.165) is 11.6 Å². The van der Waals surface area contributed by atoms with Gasteiger partial charge in [0.15, 0.2) is 0 Å². The molecular formula is C9H19ClN2O. The first-order chi connectivity index (χ1) is 5.35. The van der Waals surface area contributed by atoms with Gasteiger partial charge in [0.1, 0.15) is 6.54 Å². The molecule has 13 heavy (non-hydrogen) atoms. The summed E-state index contributed by atoms with van der Waals surface area (Å²) in [4.78, 5) is 10.9. The third kappa shape index (κ3) is 9.37. The number of amides is 1. The topological polar surface area (TPSA) is 33.5 Å². The summed E-state index contributed by atoms with van der Waals surface area (Å²) in [6.45, 7) is 10.7. The Labute approximate surface area is 86.6 Å². The van der Waals surface area contributed by atoms with Gasteiger partial charge in [-0.05, 0) is 0 Å². The summed E-state index contributed by atoms with van der Waals surface area (Å²) in [5.74, 6) is -0.128. The van der Waals surface area contributed by atoms with Crippen molar-refractivity contribution in [3.63, 3.8) is 0 Å². The van der Waals surface area contributed by atoms with Gasteiger partial charge in [0.25, 0.3) is 5.91 Å². The number of halogens is 1. The Morgan fingerprint density at radius 2 is 2.00 bits per heavy atom. The first-order valence-corrected chi connectivity index (χ1v) is 4.11. The van der Waals surface area contributed by atoms with Crippen LogP contribution in [0.25, 0.3) is 0 Å². The molecule has 1 atom stereocenters. The molecule has 2 N–H and O–H groups in total. The average Bonchev–Trinajstić information content (AvgIpc) is 1.82. The van der Waals surface area contributed by atoms with Crippen LogP contribution in [-0.4, -0.2) is 19.5 Å². The molecule has 78 valence electrons. The van der Waals surface area contributed by atoms with E-state index >= 15 is 0 Å². The van der Waals surface area contributed by atoms with E-state index in [9.17, 15) is 4.79 Å². The first-order valence-electron chi connectivity index (χ1n) is 4.11. The summed E-state index contributed by atoms with van der Waals surface area (Å²) in [6, 6.07) is 0. The monoisotopic (exact) mass is 206 g/mol. The summed E-state index contributed by atoms with van der Waals surface area (Å²) in [5, 5.41) is 0.993. The Hall–Kier alpha value is -0.540. The van der Waals surface area contributed by atoms with E-state index in [1.165, 1.54) is 6.08 Å². The van der Waals surface area contributed by atoms with Gasteiger partial charge in [-0.1, -0.05) is 27.4 Å². The molecule has 0 aromatic carbocycles. The molecule has 0 aromatic heterocycles. The number of rotatable bonds is 3. The van der Waals surface area contributed by atoms with Crippen molar-refractivity contribution >= 4 is 5.91 Å². The fraction of sp³-hybridized carbons (Fsp3) is 0.667. The van der Waals surface area contributed by atoms with Crippen LogP contribution in [0, 0.1) is 5.41 Å². The summed E-state index contributed by atoms with van der Waals surface area (Å²) >= 11 is 0. The van der Waals surface area contributed by atoms with Crippen LogP contribution < -0.4 is 22.8 Å². The highest BCUT2D eigenvalue weighted by atomic mass is 35.5. The van der Waals surface area contributed by atoms with Gasteiger partial charge in [-0.25, -0.2) is 5.01 Å². The molecule has 1 unspecified atom stereocenters. The lowest BCUT2D eigenvalue weighted by atomic mass is 9.97. The highest BCUT2D eigenvalue weighted by Crippen LogP contribution is 2.07. The molecular weight excluding hydrogens is 188 g/mol. The molecule has 0 spiro atoms. The molecule has 4 heteroatoms. The van der Waals surface area contributed by atoms with E-state index in [4.69, 9.17) is 0 Å². The molecule has 0 rings (SSSR count). The highest BCUT2D eigenvalue weighted by Gasteiger charge is 2.17. The summed E-state index contributed by atoms with van der Waals surface area (Å²) in [6.07, 6.45) is 1.28. The minimum atomic E-state index is -0.128. The van der Waals surface area contributed by atoms with E-state index in [0.29, 0.717) is 0 Å². The third-order valence-electron chi connectivity index (χ3n) is 1.32. The number of hydrogen-bond acceptors (Lipinski definition) is 1. The van der Waals surface area contributed by atoms with Crippen LogP contribution >= 0.6 is 0 Å². The number of hydrogen-bond donors (Lipinski definition) is 2. The Balaban J connectivity index is 0. The van der Waals surface area contributed by atoms with Crippen LogP contribution in [0.1, 0.15) is 20.8 Å². The quantitative estimate of drug-likeness (QED) is 0.370. The Bertz CT molecular complexity index is 175. The third-order valence-corrected chi connectivity index (χ3v) is 1.32. The van der Waals surface area contributed by atoms with Gasteiger partial charge in [0.2, 0.25) is 0 Å². The smallest absolute Gasteiger partial charge is 0.288 e. The minimum absolute atomic E-state index is 0. The van der Waals surface area contributed by atoms with Crippen molar-refractivity contribution in [2.24, 2.45) is 5.41 Å². The van der Waals surface area contributed by atoms with Gasteiger partial charge in [0, 0.05) is 11.5 Å². The molecule has 0 saturated carbocycles. The minimum Gasteiger partial charge on any atom is -1.00 e. The second-order valence-corrected chi connectivity index (χ2v) is 4.21. The summed E-state index contributed by atoms with van der Waals surface area (Å²) in [7, 11) is 1.92. The van der Waals surface area contributed by atoms with Crippen molar-refractivity contribution in [1.29, 1.82) is 0 Å². The maximum Gasteiger partial charge on any atom is 0.288 e. The zero-order valence-electron chi connectivity index (χ0n) is 8.78. The summed E-state index contributed by atoms with van der Waals surface area (Å²) < 4.78 is 0. The van der Waals surface area contributed by atoms with Crippen molar-refractivity contribution in [2.45, 2.75) is 20.8 Å². The van der Waals surface area contributed by atoms with E-state index in [2.05, 4.69) is 32.8 Å². The van der Waals surface area contributed by atoms with Crippen LogP contribution in [0.3, 0.4) is 0 Å². The second-order valence-electron chi connectivity index (χ2n) is 4.21. The average molecular weight is 207 g/mol. The second kappa shape index (κ2) is 6.00. The fourth-order valence-corrected chi connectivity index (χ4v) is 1.10. The van der Waals surface area contributed by atoms with Crippen LogP contribution in [0.4, 0.5) is 0 Å². The van der Waals surface area contributed by atoms with Crippen molar-refractivity contribution in [3.05, 3.63) is 12.7 Å². The van der Waals surface area contributed by atoms with E-state index in [-0.39, 0.29) is 23.7 Å². The Morgan fingerprint density at radius 1 is 1.54 bits per heavy atom. The van der Waals surface area contributed by atoms with Gasteiger partial charge < -0.3 is 12.4 Å². The van der Waals surface area contributed by atoms with Gasteiger partial charge in [0.05, 0.1) is 7.05 Å². The molecule has 0 aliphatic heterocycles. The molecule has 0 radical (unpaired) electrons. The predicted octanol–water partition coefficient (Wildman–Crippen LogP) is -3.23. The predicted molar refractivity (Wildman–Crippen MR) is 49.5 cm³/mol. The van der Waals surface area contributed by atoms with Gasteiger partial charge in [-0.15, -0.1) is 0 Å². The first kappa shape index (κ1) is 15.0. The Morgan fingerprint density at radius 3 is 2.31 bits per heavy atom. The lowest BCUT2D eigenvalue weighted by molar-refractivity contribution is -0.922. The molecule has 0 bridgehead atoms. The fourth-order valence-electron chi connectivity index (χ4n) is 1.10. The van der Waals surface area contributed by atoms with Gasteiger partial charge >= 0.3 is 0 Å². The zero-order valence-corrected chi connectivity index (χ0v) is 9.53. The SMILES string of the molecule is C=CC(=O)N[NH+](C)CC(C)(C)C.[Cl-]. The summed E-state index contributed by atoms with van der Waals surface area (Å²) in [5.41, 5.74) is 2.97. The molecule has 0 aliphatic rings. The Kier molecular flexibility index (Phi) is 6.90. The molecule has 1 amide bonds. The van der Waals surface area contributed by atoms with Crippen LogP contribution in [-0.2, 0) is 4.79 Å². The largest absolute Gasteiger partial charge is 1.00 e. The molecule has 3 nitrogen and oxygen atoms in total. The number of quaternary nitrogens is 1. The molecule has 0 aliphatic carbocycles. The van der Waals surface area contributed by atoms with Crippen molar-refractivity contribution < 1.29 is 22.2 Å². The van der Waals surface area contributed by atoms with Crippen LogP contribution in [0.15, 0.2) is 12.7 Å². The molecule has 0 fully saturated rings. The zero-order chi connectivity index (χ0) is 9.78. The number of carbonyl (C=O) groups excluding carboxylic acids is 1. The van der Waals surface area contributed by atoms with Gasteiger partial charge in [-0.3, -0.25) is 4.79 Å².